The van der Waals surface area contributed by atoms with E-state index in [1.807, 2.05) is 6.92 Å². The SMILES string of the molecule is [B]CC(=O)c1ccc(C)cc1C(=O)OC. The van der Waals surface area contributed by atoms with Crippen LogP contribution in [-0.2, 0) is 4.74 Å². The third-order valence-corrected chi connectivity index (χ3v) is 2.07. The molecule has 0 aliphatic heterocycles. The highest BCUT2D eigenvalue weighted by molar-refractivity contribution is 6.25. The summed E-state index contributed by atoms with van der Waals surface area (Å²) in [6.45, 7) is 1.84. The first-order valence-corrected chi connectivity index (χ1v) is 4.52. The number of ketones is 1. The molecule has 0 fully saturated rings. The number of aryl methyl sites for hydroxylation is 1. The van der Waals surface area contributed by atoms with Crippen molar-refractivity contribution in [3.63, 3.8) is 0 Å². The lowest BCUT2D eigenvalue weighted by molar-refractivity contribution is 0.0597. The number of hydrogen-bond donors (Lipinski definition) is 0. The molecule has 0 aliphatic rings. The first-order chi connectivity index (χ1) is 7.10. The van der Waals surface area contributed by atoms with Gasteiger partial charge in [-0.1, -0.05) is 17.7 Å². The van der Waals surface area contributed by atoms with E-state index in [0.29, 0.717) is 5.56 Å². The molecule has 4 heteroatoms. The van der Waals surface area contributed by atoms with Crippen molar-refractivity contribution in [3.8, 4) is 0 Å². The first kappa shape index (κ1) is 11.5. The van der Waals surface area contributed by atoms with E-state index in [0.717, 1.165) is 5.56 Å². The van der Waals surface area contributed by atoms with E-state index in [2.05, 4.69) is 4.74 Å². The summed E-state index contributed by atoms with van der Waals surface area (Å²) in [6.07, 6.45) is -0.118. The Labute approximate surface area is 89.8 Å². The van der Waals surface area contributed by atoms with Crippen LogP contribution in [0.5, 0.6) is 0 Å². The lowest BCUT2D eigenvalue weighted by Crippen LogP contribution is -2.10. The fourth-order valence-electron chi connectivity index (χ4n) is 1.29. The Morgan fingerprint density at radius 1 is 1.33 bits per heavy atom. The Bertz CT molecular complexity index is 399. The van der Waals surface area contributed by atoms with Crippen molar-refractivity contribution in [1.82, 2.24) is 0 Å². The Hall–Kier alpha value is -1.58. The summed E-state index contributed by atoms with van der Waals surface area (Å²) >= 11 is 0. The lowest BCUT2D eigenvalue weighted by atomic mass is 9.92. The Morgan fingerprint density at radius 3 is 2.53 bits per heavy atom. The van der Waals surface area contributed by atoms with Gasteiger partial charge in [-0.05, 0) is 19.3 Å². The normalized spacial score (nSPS) is 9.73. The Balaban J connectivity index is 3.26. The molecule has 15 heavy (non-hydrogen) atoms. The number of hydrogen-bond acceptors (Lipinski definition) is 3. The number of methoxy groups -OCH3 is 1. The van der Waals surface area contributed by atoms with E-state index in [9.17, 15) is 9.59 Å². The van der Waals surface area contributed by atoms with Crippen LogP contribution in [0.1, 0.15) is 26.3 Å². The molecule has 1 aromatic carbocycles. The van der Waals surface area contributed by atoms with Gasteiger partial charge in [0.1, 0.15) is 0 Å². The van der Waals surface area contributed by atoms with Gasteiger partial charge in [-0.2, -0.15) is 0 Å². The number of rotatable bonds is 3. The number of Topliss-reactive ketones (excluding diaryl/α,β-unsaturated/α-hetero) is 1. The van der Waals surface area contributed by atoms with Gasteiger partial charge in [-0.25, -0.2) is 4.79 Å². The maximum absolute atomic E-state index is 11.4. The maximum atomic E-state index is 11.4. The molecule has 1 rings (SSSR count). The van der Waals surface area contributed by atoms with Gasteiger partial charge in [0.2, 0.25) is 0 Å². The quantitative estimate of drug-likeness (QED) is 0.424. The Morgan fingerprint density at radius 2 is 2.00 bits per heavy atom. The van der Waals surface area contributed by atoms with Crippen molar-refractivity contribution in [2.75, 3.05) is 7.11 Å². The summed E-state index contributed by atoms with van der Waals surface area (Å²) in [7, 11) is 6.53. The molecule has 0 spiro atoms. The van der Waals surface area contributed by atoms with Crippen molar-refractivity contribution < 1.29 is 14.3 Å². The second kappa shape index (κ2) is 4.78. The molecule has 0 saturated heterocycles. The largest absolute Gasteiger partial charge is 0.465 e. The first-order valence-electron chi connectivity index (χ1n) is 4.52. The van der Waals surface area contributed by atoms with Crippen LogP contribution in [0.15, 0.2) is 18.2 Å². The average molecular weight is 202 g/mol. The van der Waals surface area contributed by atoms with E-state index in [1.54, 1.807) is 18.2 Å². The molecule has 3 nitrogen and oxygen atoms in total. The molecule has 0 saturated carbocycles. The number of benzene rings is 1. The van der Waals surface area contributed by atoms with E-state index >= 15 is 0 Å². The summed E-state index contributed by atoms with van der Waals surface area (Å²) < 4.78 is 4.59. The standard InChI is InChI=1S/C11H11BO3/c1-7-3-4-8(10(13)6-12)9(5-7)11(14)15-2/h3-5H,6H2,1-2H3. The van der Waals surface area contributed by atoms with Crippen LogP contribution < -0.4 is 0 Å². The number of ether oxygens (including phenoxy) is 1. The predicted octanol–water partition coefficient (Wildman–Crippen LogP) is 1.55. The molecule has 0 N–H and O–H groups in total. The molecule has 0 atom stereocenters. The molecule has 0 aliphatic carbocycles. The fraction of sp³-hybridized carbons (Fsp3) is 0.273. The molecule has 0 amide bonds. The molecule has 0 heterocycles. The van der Waals surface area contributed by atoms with Crippen LogP contribution in [0.3, 0.4) is 0 Å². The zero-order chi connectivity index (χ0) is 11.4. The topological polar surface area (TPSA) is 43.4 Å². The van der Waals surface area contributed by atoms with Gasteiger partial charge in [0, 0.05) is 5.56 Å². The van der Waals surface area contributed by atoms with Gasteiger partial charge in [-0.15, -0.1) is 0 Å². The zero-order valence-corrected chi connectivity index (χ0v) is 8.74. The predicted molar refractivity (Wildman–Crippen MR) is 57.4 cm³/mol. The van der Waals surface area contributed by atoms with E-state index in [-0.39, 0.29) is 17.7 Å². The molecule has 0 aromatic heterocycles. The highest BCUT2D eigenvalue weighted by Crippen LogP contribution is 2.14. The van der Waals surface area contributed by atoms with Crippen LogP contribution in [0.25, 0.3) is 0 Å². The third kappa shape index (κ3) is 2.46. The highest BCUT2D eigenvalue weighted by Gasteiger charge is 2.15. The molecule has 2 radical (unpaired) electrons. The summed E-state index contributed by atoms with van der Waals surface area (Å²) in [5.41, 5.74) is 1.48. The third-order valence-electron chi connectivity index (χ3n) is 2.07. The van der Waals surface area contributed by atoms with Crippen molar-refractivity contribution in [3.05, 3.63) is 34.9 Å². The monoisotopic (exact) mass is 202 g/mol. The second-order valence-electron chi connectivity index (χ2n) is 3.17. The van der Waals surface area contributed by atoms with Gasteiger partial charge in [-0.3, -0.25) is 4.79 Å². The number of carbonyl (C=O) groups is 2. The number of carbonyl (C=O) groups excluding carboxylic acids is 2. The van der Waals surface area contributed by atoms with E-state index in [1.165, 1.54) is 7.11 Å². The summed E-state index contributed by atoms with van der Waals surface area (Å²) in [5, 5.41) is 0. The molecular formula is C11H11BO3. The van der Waals surface area contributed by atoms with Crippen molar-refractivity contribution in [2.45, 2.75) is 13.2 Å². The summed E-state index contributed by atoms with van der Waals surface area (Å²) in [4.78, 5) is 22.8. The van der Waals surface area contributed by atoms with Gasteiger partial charge in [0.05, 0.1) is 20.5 Å². The maximum Gasteiger partial charge on any atom is 0.338 e. The minimum atomic E-state index is -0.518. The fourth-order valence-corrected chi connectivity index (χ4v) is 1.29. The van der Waals surface area contributed by atoms with Gasteiger partial charge in [0.15, 0.2) is 5.78 Å². The highest BCUT2D eigenvalue weighted by atomic mass is 16.5. The number of esters is 1. The molecule has 0 unspecified atom stereocenters. The van der Waals surface area contributed by atoms with E-state index < -0.39 is 5.97 Å². The minimum absolute atomic E-state index is 0.118. The average Bonchev–Trinajstić information content (AvgIpc) is 2.26. The van der Waals surface area contributed by atoms with Gasteiger partial charge < -0.3 is 4.74 Å². The van der Waals surface area contributed by atoms with Crippen molar-refractivity contribution in [1.29, 1.82) is 0 Å². The van der Waals surface area contributed by atoms with E-state index in [4.69, 9.17) is 7.85 Å². The zero-order valence-electron chi connectivity index (χ0n) is 8.74. The summed E-state index contributed by atoms with van der Waals surface area (Å²) in [5.74, 6) is -0.786. The van der Waals surface area contributed by atoms with Gasteiger partial charge in [0.25, 0.3) is 0 Å². The summed E-state index contributed by atoms with van der Waals surface area (Å²) in [6, 6.07) is 4.97. The minimum Gasteiger partial charge on any atom is -0.465 e. The van der Waals surface area contributed by atoms with Crippen LogP contribution >= 0.6 is 0 Å². The van der Waals surface area contributed by atoms with Crippen LogP contribution in [0.2, 0.25) is 6.32 Å². The second-order valence-corrected chi connectivity index (χ2v) is 3.17. The van der Waals surface area contributed by atoms with Crippen LogP contribution in [0.4, 0.5) is 0 Å². The smallest absolute Gasteiger partial charge is 0.338 e. The molecular weight excluding hydrogens is 191 g/mol. The van der Waals surface area contributed by atoms with Crippen LogP contribution in [-0.4, -0.2) is 26.7 Å². The molecule has 76 valence electrons. The van der Waals surface area contributed by atoms with Crippen molar-refractivity contribution >= 4 is 19.6 Å². The Kier molecular flexibility index (Phi) is 3.66. The molecule has 1 aromatic rings. The van der Waals surface area contributed by atoms with Gasteiger partial charge >= 0.3 is 5.97 Å². The van der Waals surface area contributed by atoms with Crippen molar-refractivity contribution in [2.24, 2.45) is 0 Å². The molecule has 0 bridgehead atoms. The lowest BCUT2D eigenvalue weighted by Gasteiger charge is -2.06. The van der Waals surface area contributed by atoms with Crippen LogP contribution in [0, 0.1) is 6.92 Å².